The normalized spacial score (nSPS) is 12.0. The van der Waals surface area contributed by atoms with Gasteiger partial charge in [0.15, 0.2) is 5.65 Å². The fraction of sp³-hybridized carbons (Fsp3) is 0.208. The first-order valence-electron chi connectivity index (χ1n) is 10.1. The van der Waals surface area contributed by atoms with Gasteiger partial charge in [-0.2, -0.15) is 5.26 Å². The number of hydrogen-bond acceptors (Lipinski definition) is 4. The van der Waals surface area contributed by atoms with Crippen LogP contribution in [0.1, 0.15) is 37.4 Å². The van der Waals surface area contributed by atoms with E-state index < -0.39 is 17.7 Å². The second-order valence-electron chi connectivity index (χ2n) is 7.32. The zero-order chi connectivity index (χ0) is 22.0. The first-order valence-corrected chi connectivity index (χ1v) is 10.1. The third-order valence-corrected chi connectivity index (χ3v) is 5.27. The van der Waals surface area contributed by atoms with E-state index in [-0.39, 0.29) is 5.56 Å². The molecule has 156 valence electrons. The number of anilines is 1. The Balaban J connectivity index is 1.79. The molecule has 2 heterocycles. The summed E-state index contributed by atoms with van der Waals surface area (Å²) in [7, 11) is 0. The Labute approximate surface area is 179 Å². The maximum absolute atomic E-state index is 14.4. The number of nitriles is 1. The van der Waals surface area contributed by atoms with Gasteiger partial charge < -0.3 is 4.90 Å². The summed E-state index contributed by atoms with van der Waals surface area (Å²) in [5, 5.41) is 9.21. The number of benzene rings is 2. The van der Waals surface area contributed by atoms with Crippen molar-refractivity contribution in [2.45, 2.75) is 26.3 Å². The third kappa shape index (κ3) is 3.97. The monoisotopic (exact) mass is 417 g/mol. The molecule has 5 nitrogen and oxygen atoms in total. The molecule has 0 saturated heterocycles. The summed E-state index contributed by atoms with van der Waals surface area (Å²) in [6.07, 6.45) is 2.47. The molecule has 0 aliphatic heterocycles. The number of aromatic nitrogens is 3. The zero-order valence-electron chi connectivity index (χ0n) is 17.3. The van der Waals surface area contributed by atoms with Crippen molar-refractivity contribution in [1.29, 1.82) is 5.26 Å². The van der Waals surface area contributed by atoms with E-state index in [1.165, 1.54) is 6.07 Å². The van der Waals surface area contributed by atoms with E-state index in [2.05, 4.69) is 11.1 Å². The Morgan fingerprint density at radius 1 is 1.13 bits per heavy atom. The first-order chi connectivity index (χ1) is 15.0. The molecule has 0 aliphatic rings. The van der Waals surface area contributed by atoms with Crippen molar-refractivity contribution >= 4 is 17.0 Å². The summed E-state index contributed by atoms with van der Waals surface area (Å²) in [6, 6.07) is 16.1. The van der Waals surface area contributed by atoms with E-state index >= 15 is 0 Å². The van der Waals surface area contributed by atoms with E-state index in [9.17, 15) is 14.0 Å². The standard InChI is InChI=1S/C24H21F2N5/c1-3-11-30(16(2)20-13-18(25)7-8-21(20)26)23-10-9-22-24(29-23)31(15-28-22)19-6-4-5-17(12-19)14-27/h4-10,12-13,15-16H,3,11H2,1-2H3. The fourth-order valence-corrected chi connectivity index (χ4v) is 3.71. The number of nitrogens with zero attached hydrogens (tertiary/aromatic N) is 5. The Hall–Kier alpha value is -3.79. The highest BCUT2D eigenvalue weighted by Crippen LogP contribution is 2.30. The summed E-state index contributed by atoms with van der Waals surface area (Å²) < 4.78 is 30.1. The minimum absolute atomic E-state index is 0.283. The van der Waals surface area contributed by atoms with E-state index in [4.69, 9.17) is 4.98 Å². The minimum Gasteiger partial charge on any atom is -0.350 e. The van der Waals surface area contributed by atoms with Crippen LogP contribution in [0.5, 0.6) is 0 Å². The van der Waals surface area contributed by atoms with Gasteiger partial charge in [-0.15, -0.1) is 0 Å². The Morgan fingerprint density at radius 2 is 1.97 bits per heavy atom. The van der Waals surface area contributed by atoms with Crippen molar-refractivity contribution in [3.05, 3.63) is 83.7 Å². The van der Waals surface area contributed by atoms with Gasteiger partial charge in [0.1, 0.15) is 29.3 Å². The highest BCUT2D eigenvalue weighted by Gasteiger charge is 2.21. The van der Waals surface area contributed by atoms with Crippen molar-refractivity contribution in [1.82, 2.24) is 14.5 Å². The van der Waals surface area contributed by atoms with Crippen LogP contribution in [0.4, 0.5) is 14.6 Å². The maximum Gasteiger partial charge on any atom is 0.166 e. The highest BCUT2D eigenvalue weighted by molar-refractivity contribution is 5.75. The quantitative estimate of drug-likeness (QED) is 0.413. The predicted molar refractivity (Wildman–Crippen MR) is 116 cm³/mol. The molecular weight excluding hydrogens is 396 g/mol. The molecule has 0 fully saturated rings. The molecule has 4 aromatic rings. The van der Waals surface area contributed by atoms with Crippen molar-refractivity contribution < 1.29 is 8.78 Å². The lowest BCUT2D eigenvalue weighted by molar-refractivity contribution is 0.553. The topological polar surface area (TPSA) is 57.7 Å². The van der Waals surface area contributed by atoms with E-state index in [0.29, 0.717) is 29.1 Å². The molecule has 0 N–H and O–H groups in total. The van der Waals surface area contributed by atoms with Crippen LogP contribution >= 0.6 is 0 Å². The molecule has 0 aliphatic carbocycles. The van der Waals surface area contributed by atoms with Gasteiger partial charge in [-0.3, -0.25) is 4.57 Å². The molecule has 7 heteroatoms. The zero-order valence-corrected chi connectivity index (χ0v) is 17.3. The van der Waals surface area contributed by atoms with Crippen LogP contribution in [-0.4, -0.2) is 21.1 Å². The lowest BCUT2D eigenvalue weighted by Gasteiger charge is -2.30. The third-order valence-electron chi connectivity index (χ3n) is 5.27. The molecule has 0 radical (unpaired) electrons. The molecule has 1 unspecified atom stereocenters. The van der Waals surface area contributed by atoms with Crippen molar-refractivity contribution in [3.8, 4) is 11.8 Å². The van der Waals surface area contributed by atoms with Crippen molar-refractivity contribution in [2.75, 3.05) is 11.4 Å². The Kier molecular flexibility index (Phi) is 5.63. The summed E-state index contributed by atoms with van der Waals surface area (Å²) in [6.45, 7) is 4.48. The van der Waals surface area contributed by atoms with Crippen molar-refractivity contribution in [3.63, 3.8) is 0 Å². The predicted octanol–water partition coefficient (Wildman–Crippen LogP) is 5.55. The Bertz CT molecular complexity index is 1270. The van der Waals surface area contributed by atoms with Gasteiger partial charge in [0.25, 0.3) is 0 Å². The molecule has 0 spiro atoms. The molecular formula is C24H21F2N5. The molecule has 0 amide bonds. The van der Waals surface area contributed by atoms with Gasteiger partial charge in [0, 0.05) is 17.8 Å². The van der Waals surface area contributed by atoms with E-state index in [0.717, 1.165) is 24.2 Å². The van der Waals surface area contributed by atoms with Gasteiger partial charge in [0.2, 0.25) is 0 Å². The van der Waals surface area contributed by atoms with Crippen LogP contribution in [0, 0.1) is 23.0 Å². The molecule has 4 rings (SSSR count). The van der Waals surface area contributed by atoms with Crippen LogP contribution < -0.4 is 4.90 Å². The molecule has 2 aromatic carbocycles. The van der Waals surface area contributed by atoms with E-state index in [1.54, 1.807) is 18.5 Å². The second-order valence-corrected chi connectivity index (χ2v) is 7.32. The average Bonchev–Trinajstić information content (AvgIpc) is 3.22. The summed E-state index contributed by atoms with van der Waals surface area (Å²) in [5.41, 5.74) is 2.93. The van der Waals surface area contributed by atoms with Crippen LogP contribution in [0.3, 0.4) is 0 Å². The van der Waals surface area contributed by atoms with Gasteiger partial charge in [-0.1, -0.05) is 13.0 Å². The van der Waals surface area contributed by atoms with Gasteiger partial charge in [0.05, 0.1) is 17.7 Å². The number of halogens is 2. The average molecular weight is 417 g/mol. The Morgan fingerprint density at radius 3 is 2.74 bits per heavy atom. The molecule has 0 bridgehead atoms. The van der Waals surface area contributed by atoms with Gasteiger partial charge in [-0.25, -0.2) is 18.7 Å². The highest BCUT2D eigenvalue weighted by atomic mass is 19.1. The number of rotatable bonds is 6. The molecule has 0 saturated carbocycles. The van der Waals surface area contributed by atoms with Crippen LogP contribution in [0.2, 0.25) is 0 Å². The number of hydrogen-bond donors (Lipinski definition) is 0. The fourth-order valence-electron chi connectivity index (χ4n) is 3.71. The van der Waals surface area contributed by atoms with Crippen LogP contribution in [0.15, 0.2) is 60.9 Å². The van der Waals surface area contributed by atoms with Gasteiger partial charge in [-0.05, 0) is 61.9 Å². The molecule has 1 atom stereocenters. The molecule has 2 aromatic heterocycles. The SMILES string of the molecule is CCCN(c1ccc2ncn(-c3cccc(C#N)c3)c2n1)C(C)c1cc(F)ccc1F. The number of pyridine rings is 1. The molecule has 31 heavy (non-hydrogen) atoms. The number of imidazole rings is 1. The largest absolute Gasteiger partial charge is 0.350 e. The summed E-state index contributed by atoms with van der Waals surface area (Å²) >= 11 is 0. The maximum atomic E-state index is 14.4. The minimum atomic E-state index is -0.474. The summed E-state index contributed by atoms with van der Waals surface area (Å²) in [4.78, 5) is 11.2. The lowest BCUT2D eigenvalue weighted by atomic mass is 10.1. The van der Waals surface area contributed by atoms with Crippen LogP contribution in [0.25, 0.3) is 16.9 Å². The second kappa shape index (κ2) is 8.52. The van der Waals surface area contributed by atoms with Gasteiger partial charge >= 0.3 is 0 Å². The number of fused-ring (bicyclic) bond motifs is 1. The van der Waals surface area contributed by atoms with E-state index in [1.807, 2.05) is 47.6 Å². The first kappa shape index (κ1) is 20.5. The lowest BCUT2D eigenvalue weighted by Crippen LogP contribution is -2.29. The summed E-state index contributed by atoms with van der Waals surface area (Å²) in [5.74, 6) is -0.281. The van der Waals surface area contributed by atoms with Crippen LogP contribution in [-0.2, 0) is 0 Å². The van der Waals surface area contributed by atoms with Crippen molar-refractivity contribution in [2.24, 2.45) is 0 Å². The smallest absolute Gasteiger partial charge is 0.166 e.